The van der Waals surface area contributed by atoms with Gasteiger partial charge in [0, 0.05) is 12.0 Å². The number of nitrogens with one attached hydrogen (secondary N) is 1. The third-order valence-corrected chi connectivity index (χ3v) is 4.17. The molecule has 0 aliphatic rings. The van der Waals surface area contributed by atoms with Crippen LogP contribution in [0.4, 0.5) is 5.69 Å². The van der Waals surface area contributed by atoms with Crippen LogP contribution < -0.4 is 5.32 Å². The Kier molecular flexibility index (Phi) is 7.18. The van der Waals surface area contributed by atoms with Crippen molar-refractivity contribution in [2.45, 2.75) is 25.9 Å². The molecule has 0 aliphatic carbocycles. The van der Waals surface area contributed by atoms with Crippen molar-refractivity contribution in [2.75, 3.05) is 5.32 Å². The molecule has 0 fully saturated rings. The van der Waals surface area contributed by atoms with Crippen LogP contribution in [0, 0.1) is 0 Å². The van der Waals surface area contributed by atoms with Crippen molar-refractivity contribution in [2.24, 2.45) is 0 Å². The van der Waals surface area contributed by atoms with Crippen LogP contribution in [-0.2, 0) is 14.3 Å². The smallest absolute Gasteiger partial charge is 0.307 e. The molecule has 7 heteroatoms. The van der Waals surface area contributed by atoms with Gasteiger partial charge in [-0.3, -0.25) is 14.4 Å². The van der Waals surface area contributed by atoms with E-state index in [4.69, 9.17) is 27.9 Å². The summed E-state index contributed by atoms with van der Waals surface area (Å²) in [7, 11) is 0. The summed E-state index contributed by atoms with van der Waals surface area (Å²) in [6.07, 6.45) is -1.16. The third-order valence-electron chi connectivity index (χ3n) is 3.54. The molecular weight excluding hydrogens is 377 g/mol. The number of ketones is 1. The molecule has 0 heterocycles. The van der Waals surface area contributed by atoms with E-state index < -0.39 is 18.0 Å². The number of benzene rings is 2. The number of hydrogen-bond donors (Lipinski definition) is 1. The van der Waals surface area contributed by atoms with Crippen molar-refractivity contribution >= 4 is 46.5 Å². The van der Waals surface area contributed by atoms with E-state index in [9.17, 15) is 14.4 Å². The molecule has 0 saturated carbocycles. The van der Waals surface area contributed by atoms with Gasteiger partial charge in [0.15, 0.2) is 11.9 Å². The van der Waals surface area contributed by atoms with Crippen molar-refractivity contribution in [3.8, 4) is 0 Å². The summed E-state index contributed by atoms with van der Waals surface area (Å²) >= 11 is 12.0. The van der Waals surface area contributed by atoms with Crippen LogP contribution in [0.5, 0.6) is 0 Å². The fraction of sp³-hybridized carbons (Fsp3) is 0.211. The van der Waals surface area contributed by atoms with E-state index in [1.54, 1.807) is 48.5 Å². The Bertz CT molecular complexity index is 788. The number of carbonyl (C=O) groups is 3. The first-order valence-corrected chi connectivity index (χ1v) is 8.66. The van der Waals surface area contributed by atoms with Crippen molar-refractivity contribution in [3.05, 3.63) is 64.1 Å². The zero-order valence-corrected chi connectivity index (χ0v) is 15.5. The molecule has 1 amide bonds. The van der Waals surface area contributed by atoms with E-state index >= 15 is 0 Å². The summed E-state index contributed by atoms with van der Waals surface area (Å²) < 4.78 is 5.06. The first kappa shape index (κ1) is 19.9. The van der Waals surface area contributed by atoms with Crippen LogP contribution >= 0.6 is 23.2 Å². The van der Waals surface area contributed by atoms with Gasteiger partial charge in [-0.15, -0.1) is 0 Å². The van der Waals surface area contributed by atoms with Gasteiger partial charge in [-0.1, -0.05) is 59.6 Å². The maximum absolute atomic E-state index is 12.1. The topological polar surface area (TPSA) is 72.5 Å². The van der Waals surface area contributed by atoms with Crippen LogP contribution in [0.3, 0.4) is 0 Å². The SMILES string of the molecule is C[C@H](OC(=O)CCC(=O)c1ccccc1)C(=O)Nc1c(Cl)cccc1Cl. The van der Waals surface area contributed by atoms with Gasteiger partial charge in [0.05, 0.1) is 22.2 Å². The molecule has 0 radical (unpaired) electrons. The number of halogens is 2. The third kappa shape index (κ3) is 5.58. The maximum Gasteiger partial charge on any atom is 0.307 e. The Morgan fingerprint density at radius 2 is 1.58 bits per heavy atom. The van der Waals surface area contributed by atoms with Crippen molar-refractivity contribution in [3.63, 3.8) is 0 Å². The van der Waals surface area contributed by atoms with Gasteiger partial charge in [-0.05, 0) is 19.1 Å². The van der Waals surface area contributed by atoms with E-state index in [2.05, 4.69) is 5.32 Å². The number of para-hydroxylation sites is 1. The van der Waals surface area contributed by atoms with Crippen molar-refractivity contribution in [1.29, 1.82) is 0 Å². The minimum atomic E-state index is -1.05. The Labute approximate surface area is 161 Å². The predicted octanol–water partition coefficient (Wildman–Crippen LogP) is 4.53. The molecule has 0 bridgehead atoms. The lowest BCUT2D eigenvalue weighted by Gasteiger charge is -2.15. The van der Waals surface area contributed by atoms with E-state index in [0.717, 1.165) is 0 Å². The monoisotopic (exact) mass is 393 g/mol. The molecule has 0 unspecified atom stereocenters. The zero-order chi connectivity index (χ0) is 19.1. The highest BCUT2D eigenvalue weighted by Gasteiger charge is 2.20. The van der Waals surface area contributed by atoms with E-state index in [-0.39, 0.29) is 34.4 Å². The second kappa shape index (κ2) is 9.36. The van der Waals surface area contributed by atoms with Gasteiger partial charge in [0.25, 0.3) is 5.91 Å². The average molecular weight is 394 g/mol. The highest BCUT2D eigenvalue weighted by molar-refractivity contribution is 6.39. The second-order valence-corrected chi connectivity index (χ2v) is 6.32. The minimum Gasteiger partial charge on any atom is -0.453 e. The summed E-state index contributed by atoms with van der Waals surface area (Å²) in [6.45, 7) is 1.43. The lowest BCUT2D eigenvalue weighted by molar-refractivity contribution is -0.153. The van der Waals surface area contributed by atoms with Crippen LogP contribution in [0.15, 0.2) is 48.5 Å². The second-order valence-electron chi connectivity index (χ2n) is 5.51. The Morgan fingerprint density at radius 1 is 0.962 bits per heavy atom. The van der Waals surface area contributed by atoms with Crippen LogP contribution in [0.1, 0.15) is 30.1 Å². The minimum absolute atomic E-state index is 0.00747. The molecule has 136 valence electrons. The fourth-order valence-electron chi connectivity index (χ4n) is 2.14. The number of carbonyl (C=O) groups excluding carboxylic acids is 3. The molecular formula is C19H17Cl2NO4. The normalized spacial score (nSPS) is 11.5. The first-order valence-electron chi connectivity index (χ1n) is 7.91. The summed E-state index contributed by atoms with van der Waals surface area (Å²) in [6, 6.07) is 13.5. The molecule has 1 N–H and O–H groups in total. The summed E-state index contributed by atoms with van der Waals surface area (Å²) in [4.78, 5) is 36.0. The number of ether oxygens (including phenoxy) is 1. The quantitative estimate of drug-likeness (QED) is 0.553. The fourth-order valence-corrected chi connectivity index (χ4v) is 2.63. The molecule has 2 rings (SSSR count). The largest absolute Gasteiger partial charge is 0.453 e. The molecule has 0 aliphatic heterocycles. The molecule has 2 aromatic carbocycles. The molecule has 0 spiro atoms. The predicted molar refractivity (Wildman–Crippen MR) is 101 cm³/mol. The Morgan fingerprint density at radius 3 is 2.19 bits per heavy atom. The summed E-state index contributed by atoms with van der Waals surface area (Å²) in [5, 5.41) is 3.08. The van der Waals surface area contributed by atoms with Gasteiger partial charge < -0.3 is 10.1 Å². The molecule has 26 heavy (non-hydrogen) atoms. The number of rotatable bonds is 7. The van der Waals surface area contributed by atoms with Crippen molar-refractivity contribution in [1.82, 2.24) is 0 Å². The molecule has 0 saturated heterocycles. The average Bonchev–Trinajstić information content (AvgIpc) is 2.63. The van der Waals surface area contributed by atoms with Crippen LogP contribution in [-0.4, -0.2) is 23.8 Å². The summed E-state index contributed by atoms with van der Waals surface area (Å²) in [5.41, 5.74) is 0.780. The Hall–Kier alpha value is -2.37. The highest BCUT2D eigenvalue weighted by Crippen LogP contribution is 2.29. The van der Waals surface area contributed by atoms with Crippen molar-refractivity contribution < 1.29 is 19.1 Å². The van der Waals surface area contributed by atoms with E-state index in [1.807, 2.05) is 0 Å². The molecule has 5 nitrogen and oxygen atoms in total. The molecule has 1 atom stereocenters. The van der Waals surface area contributed by atoms with Gasteiger partial charge >= 0.3 is 5.97 Å². The molecule has 0 aromatic heterocycles. The molecule has 2 aromatic rings. The number of esters is 1. The van der Waals surface area contributed by atoms with E-state index in [0.29, 0.717) is 5.56 Å². The van der Waals surface area contributed by atoms with Gasteiger partial charge in [-0.2, -0.15) is 0 Å². The zero-order valence-electron chi connectivity index (χ0n) is 14.0. The maximum atomic E-state index is 12.1. The Balaban J connectivity index is 1.84. The standard InChI is InChI=1S/C19H17Cl2NO4/c1-12(19(25)22-18-14(20)8-5-9-15(18)21)26-17(24)11-10-16(23)13-6-3-2-4-7-13/h2-9,12H,10-11H2,1H3,(H,22,25)/t12-/m0/s1. The highest BCUT2D eigenvalue weighted by atomic mass is 35.5. The van der Waals surface area contributed by atoms with Crippen LogP contribution in [0.25, 0.3) is 0 Å². The van der Waals surface area contributed by atoms with Gasteiger partial charge in [0.2, 0.25) is 0 Å². The van der Waals surface area contributed by atoms with Crippen LogP contribution in [0.2, 0.25) is 10.0 Å². The summed E-state index contributed by atoms with van der Waals surface area (Å²) in [5.74, 6) is -1.37. The van der Waals surface area contributed by atoms with Gasteiger partial charge in [0.1, 0.15) is 0 Å². The number of anilines is 1. The number of hydrogen-bond acceptors (Lipinski definition) is 4. The first-order chi connectivity index (χ1) is 12.4. The number of Topliss-reactive ketones (excluding diaryl/α,β-unsaturated/α-hetero) is 1. The number of amides is 1. The van der Waals surface area contributed by atoms with E-state index in [1.165, 1.54) is 6.92 Å². The lowest BCUT2D eigenvalue weighted by atomic mass is 10.1. The van der Waals surface area contributed by atoms with Gasteiger partial charge in [-0.25, -0.2) is 0 Å². The lowest BCUT2D eigenvalue weighted by Crippen LogP contribution is -2.30.